The van der Waals surface area contributed by atoms with Crippen molar-refractivity contribution in [3.05, 3.63) is 29.8 Å². The Kier molecular flexibility index (Phi) is 6.51. The highest BCUT2D eigenvalue weighted by molar-refractivity contribution is 7.90. The van der Waals surface area contributed by atoms with E-state index < -0.39 is 28.3 Å². The van der Waals surface area contributed by atoms with Crippen LogP contribution in [0.1, 0.15) is 17.3 Å². The van der Waals surface area contributed by atoms with Crippen LogP contribution in [0.4, 0.5) is 0 Å². The molecule has 0 bridgehead atoms. The van der Waals surface area contributed by atoms with E-state index in [1.165, 1.54) is 31.4 Å². The summed E-state index contributed by atoms with van der Waals surface area (Å²) in [6.07, 6.45) is 1.04. The highest BCUT2D eigenvalue weighted by atomic mass is 32.2. The lowest BCUT2D eigenvalue weighted by atomic mass is 10.2. The third-order valence-electron chi connectivity index (χ3n) is 2.66. The molecule has 8 heteroatoms. The van der Waals surface area contributed by atoms with E-state index in [0.29, 0.717) is 6.61 Å². The van der Waals surface area contributed by atoms with Crippen molar-refractivity contribution in [2.75, 3.05) is 26.6 Å². The van der Waals surface area contributed by atoms with Crippen molar-refractivity contribution in [3.63, 3.8) is 0 Å². The molecule has 0 heterocycles. The van der Waals surface area contributed by atoms with Gasteiger partial charge in [-0.1, -0.05) is 6.07 Å². The number of carbonyl (C=O) groups excluding carboxylic acids is 2. The summed E-state index contributed by atoms with van der Waals surface area (Å²) in [7, 11) is -1.90. The predicted octanol–water partition coefficient (Wildman–Crippen LogP) is 0.398. The van der Waals surface area contributed by atoms with Gasteiger partial charge in [-0.15, -0.1) is 0 Å². The number of benzene rings is 1. The van der Waals surface area contributed by atoms with Crippen LogP contribution >= 0.6 is 0 Å². The Bertz CT molecular complexity index is 640. The Morgan fingerprint density at radius 3 is 2.59 bits per heavy atom. The van der Waals surface area contributed by atoms with Crippen LogP contribution in [0.2, 0.25) is 0 Å². The number of esters is 1. The number of sulfone groups is 1. The van der Waals surface area contributed by atoms with Crippen molar-refractivity contribution in [2.24, 2.45) is 0 Å². The summed E-state index contributed by atoms with van der Waals surface area (Å²) in [5, 5.41) is 2.59. The fourth-order valence-electron chi connectivity index (χ4n) is 1.68. The molecule has 1 N–H and O–H groups in total. The SMILES string of the molecule is COCC(C)NC(=O)COC(=O)c1cccc(S(C)(=O)=O)c1. The van der Waals surface area contributed by atoms with Crippen LogP contribution in [0.3, 0.4) is 0 Å². The predicted molar refractivity (Wildman–Crippen MR) is 79.3 cm³/mol. The molecule has 0 aromatic heterocycles. The monoisotopic (exact) mass is 329 g/mol. The van der Waals surface area contributed by atoms with Gasteiger partial charge < -0.3 is 14.8 Å². The Morgan fingerprint density at radius 2 is 2.00 bits per heavy atom. The van der Waals surface area contributed by atoms with Gasteiger partial charge in [0.25, 0.3) is 5.91 Å². The van der Waals surface area contributed by atoms with Gasteiger partial charge in [0, 0.05) is 19.4 Å². The molecule has 122 valence electrons. The maximum absolute atomic E-state index is 11.8. The largest absolute Gasteiger partial charge is 0.452 e. The van der Waals surface area contributed by atoms with Crippen molar-refractivity contribution in [3.8, 4) is 0 Å². The molecular formula is C14H19NO6S. The van der Waals surface area contributed by atoms with Crippen LogP contribution in [-0.2, 0) is 24.1 Å². The van der Waals surface area contributed by atoms with Gasteiger partial charge in [-0.3, -0.25) is 4.79 Å². The van der Waals surface area contributed by atoms with Gasteiger partial charge in [-0.05, 0) is 25.1 Å². The third kappa shape index (κ3) is 5.82. The van der Waals surface area contributed by atoms with Gasteiger partial charge >= 0.3 is 5.97 Å². The fraction of sp³-hybridized carbons (Fsp3) is 0.429. The van der Waals surface area contributed by atoms with Crippen molar-refractivity contribution in [2.45, 2.75) is 17.9 Å². The van der Waals surface area contributed by atoms with Crippen LogP contribution in [0.25, 0.3) is 0 Å². The molecule has 22 heavy (non-hydrogen) atoms. The standard InChI is InChI=1S/C14H19NO6S/c1-10(8-20-2)15-13(16)9-21-14(17)11-5-4-6-12(7-11)22(3,18)19/h4-7,10H,8-9H2,1-3H3,(H,15,16). The second-order valence-corrected chi connectivity index (χ2v) is 6.82. The summed E-state index contributed by atoms with van der Waals surface area (Å²) < 4.78 is 32.6. The maximum Gasteiger partial charge on any atom is 0.338 e. The fourth-order valence-corrected chi connectivity index (χ4v) is 2.34. The van der Waals surface area contributed by atoms with Crippen LogP contribution in [0.5, 0.6) is 0 Å². The minimum atomic E-state index is -3.41. The van der Waals surface area contributed by atoms with Gasteiger partial charge in [-0.2, -0.15) is 0 Å². The Morgan fingerprint density at radius 1 is 1.32 bits per heavy atom. The molecule has 7 nitrogen and oxygen atoms in total. The van der Waals surface area contributed by atoms with Crippen molar-refractivity contribution in [1.29, 1.82) is 0 Å². The van der Waals surface area contributed by atoms with E-state index in [4.69, 9.17) is 9.47 Å². The van der Waals surface area contributed by atoms with E-state index in [-0.39, 0.29) is 16.5 Å². The molecule has 0 spiro atoms. The van der Waals surface area contributed by atoms with E-state index in [1.54, 1.807) is 6.92 Å². The average molecular weight is 329 g/mol. The molecular weight excluding hydrogens is 310 g/mol. The number of ether oxygens (including phenoxy) is 2. The van der Waals surface area contributed by atoms with Gasteiger partial charge in [0.05, 0.1) is 17.1 Å². The zero-order chi connectivity index (χ0) is 16.8. The number of hydrogen-bond donors (Lipinski definition) is 1. The normalized spacial score (nSPS) is 12.5. The van der Waals surface area contributed by atoms with Crippen molar-refractivity contribution in [1.82, 2.24) is 5.32 Å². The Labute approximate surface area is 129 Å². The molecule has 1 aromatic carbocycles. The summed E-state index contributed by atoms with van der Waals surface area (Å²) in [6.45, 7) is 1.64. The zero-order valence-corrected chi connectivity index (χ0v) is 13.5. The maximum atomic E-state index is 11.8. The van der Waals surface area contributed by atoms with Crippen molar-refractivity contribution < 1.29 is 27.5 Å². The van der Waals surface area contributed by atoms with Crippen LogP contribution in [-0.4, -0.2) is 52.9 Å². The lowest BCUT2D eigenvalue weighted by molar-refractivity contribution is -0.125. The summed E-state index contributed by atoms with van der Waals surface area (Å²) in [5.74, 6) is -1.22. The molecule has 1 atom stereocenters. The second-order valence-electron chi connectivity index (χ2n) is 4.80. The van der Waals surface area contributed by atoms with Gasteiger partial charge in [0.1, 0.15) is 0 Å². The minimum absolute atomic E-state index is 0.0140. The third-order valence-corrected chi connectivity index (χ3v) is 3.77. The average Bonchev–Trinajstić information content (AvgIpc) is 2.44. The quantitative estimate of drug-likeness (QED) is 0.727. The number of carbonyl (C=O) groups is 2. The number of nitrogens with one attached hydrogen (secondary N) is 1. The van der Waals surface area contributed by atoms with Gasteiger partial charge in [0.15, 0.2) is 16.4 Å². The summed E-state index contributed by atoms with van der Waals surface area (Å²) >= 11 is 0. The highest BCUT2D eigenvalue weighted by Crippen LogP contribution is 2.12. The molecule has 0 aliphatic carbocycles. The molecule has 0 aliphatic rings. The van der Waals surface area contributed by atoms with E-state index in [0.717, 1.165) is 6.26 Å². The van der Waals surface area contributed by atoms with Crippen LogP contribution < -0.4 is 5.32 Å². The topological polar surface area (TPSA) is 98.8 Å². The molecule has 0 saturated heterocycles. The van der Waals surface area contributed by atoms with Crippen molar-refractivity contribution >= 4 is 21.7 Å². The first-order chi connectivity index (χ1) is 10.2. The first-order valence-corrected chi connectivity index (χ1v) is 8.38. The summed E-state index contributed by atoms with van der Waals surface area (Å²) in [5.41, 5.74) is 0.0701. The molecule has 0 aliphatic heterocycles. The highest BCUT2D eigenvalue weighted by Gasteiger charge is 2.14. The number of hydrogen-bond acceptors (Lipinski definition) is 6. The Balaban J connectivity index is 2.61. The minimum Gasteiger partial charge on any atom is -0.452 e. The Hall–Kier alpha value is -1.93. The van der Waals surface area contributed by atoms with Crippen LogP contribution in [0, 0.1) is 0 Å². The van der Waals surface area contributed by atoms with Gasteiger partial charge in [-0.25, -0.2) is 13.2 Å². The molecule has 1 rings (SSSR count). The molecule has 1 unspecified atom stereocenters. The molecule has 0 radical (unpaired) electrons. The molecule has 0 fully saturated rings. The molecule has 1 aromatic rings. The first-order valence-electron chi connectivity index (χ1n) is 6.49. The molecule has 0 saturated carbocycles. The number of methoxy groups -OCH3 is 1. The first kappa shape index (κ1) is 18.1. The van der Waals surface area contributed by atoms with E-state index in [2.05, 4.69) is 5.32 Å². The smallest absolute Gasteiger partial charge is 0.338 e. The summed E-state index contributed by atoms with van der Waals surface area (Å²) in [4.78, 5) is 23.4. The van der Waals surface area contributed by atoms with E-state index in [1.807, 2.05) is 0 Å². The zero-order valence-electron chi connectivity index (χ0n) is 12.7. The lowest BCUT2D eigenvalue weighted by Gasteiger charge is -2.12. The number of rotatable bonds is 7. The van der Waals surface area contributed by atoms with E-state index in [9.17, 15) is 18.0 Å². The van der Waals surface area contributed by atoms with Crippen LogP contribution in [0.15, 0.2) is 29.2 Å². The lowest BCUT2D eigenvalue weighted by Crippen LogP contribution is -2.38. The number of amides is 1. The van der Waals surface area contributed by atoms with Gasteiger partial charge in [0.2, 0.25) is 0 Å². The molecule has 1 amide bonds. The summed E-state index contributed by atoms with van der Waals surface area (Å²) in [6, 6.07) is 5.25. The second kappa shape index (κ2) is 7.90. The van der Waals surface area contributed by atoms with E-state index >= 15 is 0 Å².